The lowest BCUT2D eigenvalue weighted by molar-refractivity contribution is -0.230. The van der Waals surface area contributed by atoms with E-state index in [9.17, 15) is 14.7 Å². The maximum atomic E-state index is 13.1. The Morgan fingerprint density at radius 1 is 1.29 bits per heavy atom. The van der Waals surface area contributed by atoms with E-state index in [1.165, 1.54) is 0 Å². The zero-order chi connectivity index (χ0) is 19.3. The topological polar surface area (TPSA) is 70.1 Å². The molecule has 28 heavy (non-hydrogen) atoms. The summed E-state index contributed by atoms with van der Waals surface area (Å²) >= 11 is 0. The van der Waals surface area contributed by atoms with E-state index in [0.717, 1.165) is 50.8 Å². The van der Waals surface area contributed by atoms with Gasteiger partial charge in [0.2, 0.25) is 5.91 Å². The van der Waals surface area contributed by atoms with E-state index in [1.807, 2.05) is 17.9 Å². The van der Waals surface area contributed by atoms with E-state index in [1.54, 1.807) is 6.07 Å². The molecule has 6 nitrogen and oxygen atoms in total. The summed E-state index contributed by atoms with van der Waals surface area (Å²) in [5.74, 6) is 0.0894. The summed E-state index contributed by atoms with van der Waals surface area (Å²) in [4.78, 5) is 30.1. The number of nitrogens with zero attached hydrogens (tertiary/aromatic N) is 2. The predicted octanol–water partition coefficient (Wildman–Crippen LogP) is 2.68. The summed E-state index contributed by atoms with van der Waals surface area (Å²) in [6.45, 7) is 3.67. The standard InChI is InChI=1S/C22H26N2O4/c1-2-17(26)24-16-7-9-20-8-4-11-23-12-10-21(16,22(20,23)28-18(27)13-20)14-5-3-6-15(25)19(14)24/h3,5-6,16,25H,2,4,7-13H2,1H3/t16-,20-,21+,22-/m0/s1. The molecule has 0 bridgehead atoms. The largest absolute Gasteiger partial charge is 0.506 e. The highest BCUT2D eigenvalue weighted by Crippen LogP contribution is 2.74. The molecule has 1 aliphatic carbocycles. The van der Waals surface area contributed by atoms with Crippen LogP contribution in [0, 0.1) is 5.41 Å². The van der Waals surface area contributed by atoms with Crippen LogP contribution in [0.25, 0.3) is 0 Å². The van der Waals surface area contributed by atoms with Crippen LogP contribution in [-0.2, 0) is 19.7 Å². The van der Waals surface area contributed by atoms with Crippen molar-refractivity contribution in [1.29, 1.82) is 0 Å². The number of piperidine rings is 1. The van der Waals surface area contributed by atoms with Crippen LogP contribution >= 0.6 is 0 Å². The first-order valence-electron chi connectivity index (χ1n) is 10.6. The molecule has 148 valence electrons. The molecule has 1 aromatic rings. The van der Waals surface area contributed by atoms with Crippen LogP contribution in [0.1, 0.15) is 57.4 Å². The van der Waals surface area contributed by atoms with Crippen LogP contribution in [0.5, 0.6) is 5.75 Å². The summed E-state index contributed by atoms with van der Waals surface area (Å²) in [5, 5.41) is 10.8. The van der Waals surface area contributed by atoms with Crippen molar-refractivity contribution in [3.63, 3.8) is 0 Å². The number of ether oxygens (including phenoxy) is 1. The molecule has 6 heteroatoms. The average molecular weight is 382 g/mol. The fourth-order valence-electron chi connectivity index (χ4n) is 7.78. The van der Waals surface area contributed by atoms with Crippen molar-refractivity contribution in [2.24, 2.45) is 5.41 Å². The minimum atomic E-state index is -0.677. The van der Waals surface area contributed by atoms with Crippen LogP contribution in [0.4, 0.5) is 5.69 Å². The van der Waals surface area contributed by atoms with E-state index in [4.69, 9.17) is 4.74 Å². The van der Waals surface area contributed by atoms with Gasteiger partial charge in [0.25, 0.3) is 0 Å². The Bertz CT molecular complexity index is 916. The van der Waals surface area contributed by atoms with E-state index in [0.29, 0.717) is 18.5 Å². The molecule has 4 fully saturated rings. The number of phenols is 1. The lowest BCUT2D eigenvalue weighted by Crippen LogP contribution is -2.73. The summed E-state index contributed by atoms with van der Waals surface area (Å²) in [7, 11) is 0. The molecule has 4 heterocycles. The Labute approximate surface area is 164 Å². The van der Waals surface area contributed by atoms with Gasteiger partial charge < -0.3 is 14.7 Å². The Hall–Kier alpha value is -2.08. The second kappa shape index (κ2) is 5.09. The number of phenolic OH excluding ortho intramolecular Hbond substituents is 1. The average Bonchev–Trinajstić information content (AvgIpc) is 3.28. The third-order valence-electron chi connectivity index (χ3n) is 8.46. The molecule has 1 N–H and O–H groups in total. The lowest BCUT2D eigenvalue weighted by atomic mass is 9.50. The van der Waals surface area contributed by atoms with Crippen molar-refractivity contribution in [3.8, 4) is 5.75 Å². The van der Waals surface area contributed by atoms with Crippen LogP contribution in [0.15, 0.2) is 18.2 Å². The molecule has 4 atom stereocenters. The van der Waals surface area contributed by atoms with Gasteiger partial charge in [0, 0.05) is 24.9 Å². The van der Waals surface area contributed by atoms with Gasteiger partial charge in [-0.2, -0.15) is 0 Å². The number of rotatable bonds is 1. The molecule has 4 aliphatic heterocycles. The molecule has 2 spiro atoms. The number of carbonyl (C=O) groups excluding carboxylic acids is 2. The van der Waals surface area contributed by atoms with Crippen molar-refractivity contribution in [1.82, 2.24) is 4.90 Å². The van der Waals surface area contributed by atoms with Gasteiger partial charge in [0.1, 0.15) is 5.75 Å². The van der Waals surface area contributed by atoms with Crippen molar-refractivity contribution < 1.29 is 19.4 Å². The highest BCUT2D eigenvalue weighted by atomic mass is 16.6. The van der Waals surface area contributed by atoms with Gasteiger partial charge in [-0.25, -0.2) is 0 Å². The molecule has 0 unspecified atom stereocenters. The van der Waals surface area contributed by atoms with Gasteiger partial charge in [-0.3, -0.25) is 14.5 Å². The van der Waals surface area contributed by atoms with Gasteiger partial charge in [-0.05, 0) is 43.7 Å². The van der Waals surface area contributed by atoms with Gasteiger partial charge in [0.05, 0.1) is 23.6 Å². The number of hydrogen-bond acceptors (Lipinski definition) is 5. The quantitative estimate of drug-likeness (QED) is 0.757. The number of hydrogen-bond donors (Lipinski definition) is 1. The van der Waals surface area contributed by atoms with Crippen molar-refractivity contribution >= 4 is 17.6 Å². The van der Waals surface area contributed by atoms with E-state index >= 15 is 0 Å². The predicted molar refractivity (Wildman–Crippen MR) is 102 cm³/mol. The maximum Gasteiger partial charge on any atom is 0.308 e. The molecule has 0 radical (unpaired) electrons. The third-order valence-corrected chi connectivity index (χ3v) is 8.46. The number of anilines is 1. The Balaban J connectivity index is 1.68. The minimum Gasteiger partial charge on any atom is -0.506 e. The lowest BCUT2D eigenvalue weighted by Gasteiger charge is -2.61. The van der Waals surface area contributed by atoms with Crippen molar-refractivity contribution in [3.05, 3.63) is 23.8 Å². The van der Waals surface area contributed by atoms with Crippen LogP contribution in [0.2, 0.25) is 0 Å². The normalized spacial score (nSPS) is 40.5. The molecule has 1 saturated carbocycles. The van der Waals surface area contributed by atoms with Gasteiger partial charge in [-0.15, -0.1) is 0 Å². The highest BCUT2D eigenvalue weighted by molar-refractivity contribution is 5.99. The van der Waals surface area contributed by atoms with Gasteiger partial charge in [0.15, 0.2) is 5.72 Å². The number of esters is 1. The zero-order valence-corrected chi connectivity index (χ0v) is 16.2. The minimum absolute atomic E-state index is 0.0344. The number of aromatic hydroxyl groups is 1. The first kappa shape index (κ1) is 16.8. The fraction of sp³-hybridized carbons (Fsp3) is 0.636. The summed E-state index contributed by atoms with van der Waals surface area (Å²) < 4.78 is 6.37. The molecule has 0 aromatic heterocycles. The molecule has 1 aromatic carbocycles. The SMILES string of the molecule is CCC(=O)N1c2c(O)cccc2[C@]23CCN4CCC[C@]5(CC[C@H]12)CC(=O)O[C@@]453. The van der Waals surface area contributed by atoms with Crippen molar-refractivity contribution in [2.45, 2.75) is 69.1 Å². The van der Waals surface area contributed by atoms with E-state index in [2.05, 4.69) is 11.0 Å². The second-order valence-corrected chi connectivity index (χ2v) is 9.23. The summed E-state index contributed by atoms with van der Waals surface area (Å²) in [5.41, 5.74) is 0.353. The van der Waals surface area contributed by atoms with Gasteiger partial charge >= 0.3 is 5.97 Å². The zero-order valence-electron chi connectivity index (χ0n) is 16.2. The molecule has 5 aliphatic rings. The maximum absolute atomic E-state index is 13.1. The Kier molecular flexibility index (Phi) is 3.06. The Morgan fingerprint density at radius 2 is 2.14 bits per heavy atom. The molecule has 6 rings (SSSR count). The summed E-state index contributed by atoms with van der Waals surface area (Å²) in [6.07, 6.45) is 5.56. The second-order valence-electron chi connectivity index (χ2n) is 9.23. The smallest absolute Gasteiger partial charge is 0.308 e. The van der Waals surface area contributed by atoms with E-state index in [-0.39, 0.29) is 29.1 Å². The van der Waals surface area contributed by atoms with Crippen LogP contribution in [-0.4, -0.2) is 46.7 Å². The Morgan fingerprint density at radius 3 is 2.96 bits per heavy atom. The number of carbonyl (C=O) groups is 2. The number of amides is 1. The molecular formula is C22H26N2O4. The fourth-order valence-corrected chi connectivity index (χ4v) is 7.78. The first-order chi connectivity index (χ1) is 13.5. The summed E-state index contributed by atoms with van der Waals surface area (Å²) in [6, 6.07) is 5.53. The molecule has 1 amide bonds. The van der Waals surface area contributed by atoms with E-state index < -0.39 is 11.1 Å². The van der Waals surface area contributed by atoms with Crippen LogP contribution in [0.3, 0.4) is 0 Å². The molecule has 3 saturated heterocycles. The number of fused-ring (bicyclic) bond motifs is 1. The monoisotopic (exact) mass is 382 g/mol. The number of benzene rings is 1. The van der Waals surface area contributed by atoms with Crippen molar-refractivity contribution in [2.75, 3.05) is 18.0 Å². The van der Waals surface area contributed by atoms with Gasteiger partial charge in [-0.1, -0.05) is 19.1 Å². The first-order valence-corrected chi connectivity index (χ1v) is 10.6. The molecular weight excluding hydrogens is 356 g/mol. The highest BCUT2D eigenvalue weighted by Gasteiger charge is 2.82. The number of para-hydroxylation sites is 1. The van der Waals surface area contributed by atoms with Crippen LogP contribution < -0.4 is 4.90 Å². The third kappa shape index (κ3) is 1.52.